The molecule has 136 valence electrons. The predicted molar refractivity (Wildman–Crippen MR) is 103 cm³/mol. The highest BCUT2D eigenvalue weighted by molar-refractivity contribution is 6.01. The Hall–Kier alpha value is -2.14. The lowest BCUT2D eigenvalue weighted by molar-refractivity contribution is -0.100. The fourth-order valence-electron chi connectivity index (χ4n) is 2.68. The number of rotatable bonds is 8. The Morgan fingerprint density at radius 3 is 2.80 bits per heavy atom. The summed E-state index contributed by atoms with van der Waals surface area (Å²) < 4.78 is 11.2. The first kappa shape index (κ1) is 19.2. The van der Waals surface area contributed by atoms with Gasteiger partial charge in [-0.25, -0.2) is 4.98 Å². The van der Waals surface area contributed by atoms with Crippen molar-refractivity contribution in [1.29, 1.82) is 0 Å². The lowest BCUT2D eigenvalue weighted by atomic mass is 10.0. The van der Waals surface area contributed by atoms with Crippen molar-refractivity contribution in [3.63, 3.8) is 0 Å². The molecular weight excluding hydrogens is 314 g/mol. The molecule has 2 heterocycles. The number of anilines is 1. The van der Waals surface area contributed by atoms with Gasteiger partial charge in [0.05, 0.1) is 5.76 Å². The Kier molecular flexibility index (Phi) is 7.67. The van der Waals surface area contributed by atoms with Crippen LogP contribution in [-0.4, -0.2) is 30.6 Å². The number of nitrogens with zero attached hydrogens (tertiary/aromatic N) is 2. The van der Waals surface area contributed by atoms with E-state index in [9.17, 15) is 0 Å². The van der Waals surface area contributed by atoms with Gasteiger partial charge in [-0.2, -0.15) is 0 Å². The third kappa shape index (κ3) is 6.02. The SMILES string of the molecule is CCOC(C)O/C(=C/C=C1\CCCC(c2ccc(NC)nc2)=N1)CC. The van der Waals surface area contributed by atoms with E-state index in [2.05, 4.69) is 29.4 Å². The van der Waals surface area contributed by atoms with E-state index in [0.717, 1.165) is 54.2 Å². The van der Waals surface area contributed by atoms with Crippen LogP contribution in [0.4, 0.5) is 5.82 Å². The zero-order chi connectivity index (χ0) is 18.1. The first-order valence-electron chi connectivity index (χ1n) is 9.06. The molecule has 25 heavy (non-hydrogen) atoms. The van der Waals surface area contributed by atoms with Crippen LogP contribution >= 0.6 is 0 Å². The molecule has 0 amide bonds. The van der Waals surface area contributed by atoms with Crippen molar-refractivity contribution < 1.29 is 9.47 Å². The number of hydrogen-bond acceptors (Lipinski definition) is 5. The molecule has 2 rings (SSSR count). The Morgan fingerprint density at radius 1 is 1.32 bits per heavy atom. The quantitative estimate of drug-likeness (QED) is 0.550. The normalized spacial score (nSPS) is 18.0. The first-order chi connectivity index (χ1) is 12.2. The van der Waals surface area contributed by atoms with Crippen LogP contribution in [0.3, 0.4) is 0 Å². The van der Waals surface area contributed by atoms with Crippen LogP contribution in [-0.2, 0) is 9.47 Å². The third-order valence-corrected chi connectivity index (χ3v) is 4.01. The van der Waals surface area contributed by atoms with Gasteiger partial charge >= 0.3 is 0 Å². The number of allylic oxidation sites excluding steroid dienone is 4. The van der Waals surface area contributed by atoms with E-state index in [1.54, 1.807) is 0 Å². The molecule has 0 aliphatic carbocycles. The van der Waals surface area contributed by atoms with Crippen LogP contribution in [0.2, 0.25) is 0 Å². The third-order valence-electron chi connectivity index (χ3n) is 4.01. The van der Waals surface area contributed by atoms with Crippen molar-refractivity contribution in [2.24, 2.45) is 4.99 Å². The van der Waals surface area contributed by atoms with Crippen molar-refractivity contribution in [3.8, 4) is 0 Å². The van der Waals surface area contributed by atoms with E-state index in [1.165, 1.54) is 0 Å². The molecule has 1 aliphatic heterocycles. The van der Waals surface area contributed by atoms with E-state index in [0.29, 0.717) is 6.61 Å². The second kappa shape index (κ2) is 9.99. The zero-order valence-electron chi connectivity index (χ0n) is 15.7. The molecule has 0 saturated carbocycles. The minimum Gasteiger partial charge on any atom is -0.470 e. The van der Waals surface area contributed by atoms with Crippen LogP contribution in [0.15, 0.2) is 46.9 Å². The minimum atomic E-state index is -0.225. The average Bonchev–Trinajstić information content (AvgIpc) is 2.65. The van der Waals surface area contributed by atoms with E-state index in [1.807, 2.05) is 39.2 Å². The maximum absolute atomic E-state index is 5.80. The van der Waals surface area contributed by atoms with Crippen molar-refractivity contribution in [3.05, 3.63) is 47.5 Å². The molecule has 5 heteroatoms. The van der Waals surface area contributed by atoms with E-state index in [4.69, 9.17) is 14.5 Å². The summed E-state index contributed by atoms with van der Waals surface area (Å²) in [7, 11) is 1.87. The highest BCUT2D eigenvalue weighted by atomic mass is 16.7. The summed E-state index contributed by atoms with van der Waals surface area (Å²) in [6.45, 7) is 6.60. The molecular formula is C20H29N3O2. The molecule has 1 aliphatic rings. The van der Waals surface area contributed by atoms with Crippen LogP contribution < -0.4 is 5.32 Å². The summed E-state index contributed by atoms with van der Waals surface area (Å²) in [4.78, 5) is 9.19. The monoisotopic (exact) mass is 343 g/mol. The van der Waals surface area contributed by atoms with Crippen LogP contribution in [0.5, 0.6) is 0 Å². The van der Waals surface area contributed by atoms with Gasteiger partial charge in [-0.1, -0.05) is 6.92 Å². The molecule has 1 aromatic heterocycles. The molecule has 0 bridgehead atoms. The van der Waals surface area contributed by atoms with Crippen molar-refractivity contribution in [2.45, 2.75) is 52.7 Å². The zero-order valence-corrected chi connectivity index (χ0v) is 15.7. The average molecular weight is 343 g/mol. The van der Waals surface area contributed by atoms with Gasteiger partial charge in [-0.05, 0) is 57.4 Å². The summed E-state index contributed by atoms with van der Waals surface area (Å²) in [5, 5.41) is 3.04. The molecule has 0 spiro atoms. The van der Waals surface area contributed by atoms with Gasteiger partial charge in [0.25, 0.3) is 0 Å². The molecule has 5 nitrogen and oxygen atoms in total. The molecule has 0 saturated heterocycles. The Morgan fingerprint density at radius 2 is 2.16 bits per heavy atom. The van der Waals surface area contributed by atoms with Crippen LogP contribution in [0.25, 0.3) is 0 Å². The first-order valence-corrected chi connectivity index (χ1v) is 9.06. The van der Waals surface area contributed by atoms with Gasteiger partial charge < -0.3 is 14.8 Å². The number of aliphatic imine (C=N–C) groups is 1. The smallest absolute Gasteiger partial charge is 0.196 e. The Balaban J connectivity index is 2.11. The lowest BCUT2D eigenvalue weighted by Gasteiger charge is -2.16. The second-order valence-electron chi connectivity index (χ2n) is 5.88. The fourth-order valence-corrected chi connectivity index (χ4v) is 2.68. The van der Waals surface area contributed by atoms with E-state index >= 15 is 0 Å². The molecule has 0 fully saturated rings. The summed E-state index contributed by atoms with van der Waals surface area (Å²) in [6.07, 6.45) is 9.63. The van der Waals surface area contributed by atoms with Gasteiger partial charge in [0, 0.05) is 43.2 Å². The molecule has 0 radical (unpaired) electrons. The largest absolute Gasteiger partial charge is 0.470 e. The molecule has 1 N–H and O–H groups in total. The van der Waals surface area contributed by atoms with E-state index < -0.39 is 0 Å². The van der Waals surface area contributed by atoms with Crippen LogP contribution in [0, 0.1) is 0 Å². The highest BCUT2D eigenvalue weighted by Crippen LogP contribution is 2.22. The van der Waals surface area contributed by atoms with Gasteiger partial charge in [-0.3, -0.25) is 4.99 Å². The van der Waals surface area contributed by atoms with Gasteiger partial charge in [0.15, 0.2) is 6.29 Å². The van der Waals surface area contributed by atoms with Gasteiger partial charge in [0.1, 0.15) is 5.82 Å². The van der Waals surface area contributed by atoms with Gasteiger partial charge in [0.2, 0.25) is 0 Å². The summed E-state index contributed by atoms with van der Waals surface area (Å²) in [6, 6.07) is 4.05. The number of pyridine rings is 1. The van der Waals surface area contributed by atoms with Crippen molar-refractivity contribution >= 4 is 11.5 Å². The molecule has 1 atom stereocenters. The maximum Gasteiger partial charge on any atom is 0.196 e. The van der Waals surface area contributed by atoms with Crippen molar-refractivity contribution in [2.75, 3.05) is 19.0 Å². The van der Waals surface area contributed by atoms with Crippen LogP contribution in [0.1, 0.15) is 52.0 Å². The van der Waals surface area contributed by atoms with Gasteiger partial charge in [-0.15, -0.1) is 0 Å². The summed E-state index contributed by atoms with van der Waals surface area (Å²) in [5.74, 6) is 1.78. The number of hydrogen-bond donors (Lipinski definition) is 1. The molecule has 1 aromatic rings. The minimum absolute atomic E-state index is 0.225. The number of nitrogens with one attached hydrogen (secondary N) is 1. The molecule has 0 aromatic carbocycles. The lowest BCUT2D eigenvalue weighted by Crippen LogP contribution is -2.12. The van der Waals surface area contributed by atoms with Crippen molar-refractivity contribution in [1.82, 2.24) is 4.98 Å². The Labute approximate surface area is 150 Å². The Bertz CT molecular complexity index is 633. The number of ether oxygens (including phenoxy) is 2. The van der Waals surface area contributed by atoms with E-state index in [-0.39, 0.29) is 6.29 Å². The standard InChI is InChI=1S/C20H29N3O2/c1-5-18(25-15(3)24-6-2)12-11-17-8-7-9-19(23-17)16-10-13-20(21-4)22-14-16/h10-15H,5-9H2,1-4H3,(H,21,22)/b17-11+,18-12+. The maximum atomic E-state index is 5.80. The molecule has 1 unspecified atom stereocenters. The summed E-state index contributed by atoms with van der Waals surface area (Å²) >= 11 is 0. The number of aromatic nitrogens is 1. The fraction of sp³-hybridized carbons (Fsp3) is 0.500. The topological polar surface area (TPSA) is 55.7 Å². The summed E-state index contributed by atoms with van der Waals surface area (Å²) in [5.41, 5.74) is 3.27. The second-order valence-corrected chi connectivity index (χ2v) is 5.88. The predicted octanol–water partition coefficient (Wildman–Crippen LogP) is 4.67. The highest BCUT2D eigenvalue weighted by Gasteiger charge is 2.11.